The molecule has 2 aliphatic heterocycles. The minimum Gasteiger partial charge on any atom is -0.385 e. The van der Waals surface area contributed by atoms with Crippen molar-refractivity contribution < 1.29 is 9.47 Å². The highest BCUT2D eigenvalue weighted by atomic mass is 79.9. The molecule has 0 aromatic carbocycles. The molecule has 3 nitrogen and oxygen atoms in total. The molecule has 2 saturated heterocycles. The molecule has 100 valence electrons. The maximum absolute atomic E-state index is 5.66. The van der Waals surface area contributed by atoms with Gasteiger partial charge in [0.1, 0.15) is 0 Å². The molecule has 2 rings (SSSR count). The lowest BCUT2D eigenvalue weighted by Gasteiger charge is -2.37. The zero-order valence-electron chi connectivity index (χ0n) is 10.7. The van der Waals surface area contributed by atoms with Gasteiger partial charge in [0.25, 0.3) is 0 Å². The quantitative estimate of drug-likeness (QED) is 0.533. The van der Waals surface area contributed by atoms with Gasteiger partial charge in [0.2, 0.25) is 0 Å². The molecule has 2 atom stereocenters. The zero-order valence-corrected chi connectivity index (χ0v) is 12.3. The van der Waals surface area contributed by atoms with E-state index in [1.807, 2.05) is 0 Å². The van der Waals surface area contributed by atoms with Crippen molar-refractivity contribution in [1.29, 1.82) is 0 Å². The number of rotatable bonds is 7. The van der Waals surface area contributed by atoms with E-state index in [0.29, 0.717) is 0 Å². The zero-order chi connectivity index (χ0) is 12.1. The summed E-state index contributed by atoms with van der Waals surface area (Å²) in [7, 11) is 1.74. The Morgan fingerprint density at radius 3 is 2.47 bits per heavy atom. The number of methoxy groups -OCH3 is 1. The Labute approximate surface area is 113 Å². The standard InChI is InChI=1S/C13H24BrNO2/c1-16-6-2-7-17-8-5-15-12-3-4-13(15)10-11(14)9-12/h11-13H,2-10H2,1H3. The molecule has 2 fully saturated rings. The number of fused-ring (bicyclic) bond motifs is 2. The van der Waals surface area contributed by atoms with Gasteiger partial charge in [-0.25, -0.2) is 0 Å². The van der Waals surface area contributed by atoms with Crippen LogP contribution in [0.2, 0.25) is 0 Å². The number of alkyl halides is 1. The van der Waals surface area contributed by atoms with Gasteiger partial charge in [-0.15, -0.1) is 0 Å². The smallest absolute Gasteiger partial charge is 0.0593 e. The van der Waals surface area contributed by atoms with Gasteiger partial charge in [0, 0.05) is 43.8 Å². The summed E-state index contributed by atoms with van der Waals surface area (Å²) in [4.78, 5) is 3.42. The van der Waals surface area contributed by atoms with Crippen molar-refractivity contribution in [3.05, 3.63) is 0 Å². The third-order valence-electron chi connectivity index (χ3n) is 3.96. The maximum atomic E-state index is 5.66. The lowest BCUT2D eigenvalue weighted by atomic mass is 10.0. The highest BCUT2D eigenvalue weighted by Crippen LogP contribution is 2.37. The van der Waals surface area contributed by atoms with Crippen LogP contribution in [0.3, 0.4) is 0 Å². The minimum absolute atomic E-state index is 0.749. The van der Waals surface area contributed by atoms with Crippen LogP contribution in [0.15, 0.2) is 0 Å². The number of hydrogen-bond acceptors (Lipinski definition) is 3. The molecule has 2 aliphatic rings. The molecule has 0 amide bonds. The fraction of sp³-hybridized carbons (Fsp3) is 1.00. The van der Waals surface area contributed by atoms with Crippen LogP contribution < -0.4 is 0 Å². The average Bonchev–Trinajstić information content (AvgIpc) is 2.56. The number of halogens is 1. The Morgan fingerprint density at radius 2 is 1.82 bits per heavy atom. The summed E-state index contributed by atoms with van der Waals surface area (Å²) in [5.41, 5.74) is 0. The predicted molar refractivity (Wildman–Crippen MR) is 72.8 cm³/mol. The SMILES string of the molecule is COCCCOCCN1C2CCC1CC(Br)C2. The molecule has 2 bridgehead atoms. The van der Waals surface area contributed by atoms with Crippen molar-refractivity contribution >= 4 is 15.9 Å². The van der Waals surface area contributed by atoms with Gasteiger partial charge in [0.05, 0.1) is 6.61 Å². The van der Waals surface area contributed by atoms with Crippen molar-refractivity contribution in [2.24, 2.45) is 0 Å². The van der Waals surface area contributed by atoms with Crippen LogP contribution >= 0.6 is 15.9 Å². The summed E-state index contributed by atoms with van der Waals surface area (Å²) in [5.74, 6) is 0. The second kappa shape index (κ2) is 7.07. The van der Waals surface area contributed by atoms with E-state index < -0.39 is 0 Å². The maximum Gasteiger partial charge on any atom is 0.0593 e. The van der Waals surface area contributed by atoms with E-state index >= 15 is 0 Å². The molecular weight excluding hydrogens is 282 g/mol. The molecule has 2 unspecified atom stereocenters. The summed E-state index contributed by atoms with van der Waals surface area (Å²) in [6.07, 6.45) is 6.42. The van der Waals surface area contributed by atoms with Gasteiger partial charge >= 0.3 is 0 Å². The highest BCUT2D eigenvalue weighted by Gasteiger charge is 2.39. The Kier molecular flexibility index (Phi) is 5.74. The van der Waals surface area contributed by atoms with Crippen molar-refractivity contribution in [2.75, 3.05) is 33.5 Å². The minimum atomic E-state index is 0.749. The third kappa shape index (κ3) is 3.91. The van der Waals surface area contributed by atoms with E-state index in [4.69, 9.17) is 9.47 Å². The van der Waals surface area contributed by atoms with Crippen LogP contribution in [-0.4, -0.2) is 55.3 Å². The van der Waals surface area contributed by atoms with Crippen LogP contribution in [0.5, 0.6) is 0 Å². The number of hydrogen-bond donors (Lipinski definition) is 0. The van der Waals surface area contributed by atoms with E-state index in [1.165, 1.54) is 25.7 Å². The van der Waals surface area contributed by atoms with Crippen LogP contribution in [0, 0.1) is 0 Å². The molecule has 2 heterocycles. The molecule has 0 N–H and O–H groups in total. The number of ether oxygens (including phenoxy) is 2. The van der Waals surface area contributed by atoms with Crippen molar-refractivity contribution in [3.63, 3.8) is 0 Å². The average molecular weight is 306 g/mol. The second-order valence-corrected chi connectivity index (χ2v) is 6.45. The first kappa shape index (κ1) is 13.8. The molecule has 0 aliphatic carbocycles. The number of piperidine rings is 1. The second-order valence-electron chi connectivity index (χ2n) is 5.15. The van der Waals surface area contributed by atoms with Gasteiger partial charge in [0.15, 0.2) is 0 Å². The fourth-order valence-electron chi connectivity index (χ4n) is 3.15. The third-order valence-corrected chi connectivity index (χ3v) is 4.71. The topological polar surface area (TPSA) is 21.7 Å². The van der Waals surface area contributed by atoms with Gasteiger partial charge in [-0.2, -0.15) is 0 Å². The van der Waals surface area contributed by atoms with Gasteiger partial charge < -0.3 is 9.47 Å². The molecular formula is C13H24BrNO2. The van der Waals surface area contributed by atoms with Gasteiger partial charge in [-0.05, 0) is 32.1 Å². The monoisotopic (exact) mass is 305 g/mol. The van der Waals surface area contributed by atoms with E-state index in [9.17, 15) is 0 Å². The van der Waals surface area contributed by atoms with E-state index in [1.54, 1.807) is 7.11 Å². The molecule has 0 aromatic heterocycles. The van der Waals surface area contributed by atoms with E-state index in [0.717, 1.165) is 49.7 Å². The lowest BCUT2D eigenvalue weighted by molar-refractivity contribution is 0.0593. The van der Waals surface area contributed by atoms with Crippen molar-refractivity contribution in [1.82, 2.24) is 4.90 Å². The van der Waals surface area contributed by atoms with Crippen LogP contribution in [0.1, 0.15) is 32.1 Å². The Bertz CT molecular complexity index is 213. The van der Waals surface area contributed by atoms with Crippen LogP contribution in [0.4, 0.5) is 0 Å². The Hall–Kier alpha value is 0.360. The first-order valence-electron chi connectivity index (χ1n) is 6.77. The Morgan fingerprint density at radius 1 is 1.12 bits per heavy atom. The summed E-state index contributed by atoms with van der Waals surface area (Å²) >= 11 is 3.78. The summed E-state index contributed by atoms with van der Waals surface area (Å²) in [6.45, 7) is 3.63. The van der Waals surface area contributed by atoms with Crippen LogP contribution in [-0.2, 0) is 9.47 Å². The molecule has 0 saturated carbocycles. The fourth-order valence-corrected chi connectivity index (χ4v) is 4.01. The summed E-state index contributed by atoms with van der Waals surface area (Å²) in [6, 6.07) is 1.61. The van der Waals surface area contributed by atoms with E-state index in [-0.39, 0.29) is 0 Å². The van der Waals surface area contributed by atoms with Crippen LogP contribution in [0.25, 0.3) is 0 Å². The summed E-state index contributed by atoms with van der Waals surface area (Å²) in [5, 5.41) is 0. The highest BCUT2D eigenvalue weighted by molar-refractivity contribution is 9.09. The predicted octanol–water partition coefficient (Wildman–Crippen LogP) is 2.43. The first-order chi connectivity index (χ1) is 8.31. The lowest BCUT2D eigenvalue weighted by Crippen LogP contribution is -2.44. The van der Waals surface area contributed by atoms with Gasteiger partial charge in [-0.1, -0.05) is 15.9 Å². The molecule has 0 radical (unpaired) electrons. The molecule has 0 aromatic rings. The normalized spacial score (nSPS) is 33.2. The van der Waals surface area contributed by atoms with Crippen molar-refractivity contribution in [3.8, 4) is 0 Å². The molecule has 4 heteroatoms. The van der Waals surface area contributed by atoms with Crippen molar-refractivity contribution in [2.45, 2.75) is 49.0 Å². The molecule has 17 heavy (non-hydrogen) atoms. The Balaban J connectivity index is 1.60. The van der Waals surface area contributed by atoms with E-state index in [2.05, 4.69) is 20.8 Å². The van der Waals surface area contributed by atoms with Gasteiger partial charge in [-0.3, -0.25) is 4.90 Å². The molecule has 0 spiro atoms. The largest absolute Gasteiger partial charge is 0.385 e. The number of nitrogens with zero attached hydrogens (tertiary/aromatic N) is 1. The first-order valence-corrected chi connectivity index (χ1v) is 7.69. The summed E-state index contributed by atoms with van der Waals surface area (Å²) < 4.78 is 10.7.